The molecule has 8 nitrogen and oxygen atoms in total. The largest absolute Gasteiger partial charge is 0.492 e. The van der Waals surface area contributed by atoms with Gasteiger partial charge in [-0.15, -0.1) is 0 Å². The highest BCUT2D eigenvalue weighted by Gasteiger charge is 2.35. The number of para-hydroxylation sites is 2. The van der Waals surface area contributed by atoms with Gasteiger partial charge in [-0.1, -0.05) is 72.3 Å². The van der Waals surface area contributed by atoms with E-state index in [1.807, 2.05) is 30.3 Å². The first kappa shape index (κ1) is 33.5. The van der Waals surface area contributed by atoms with Crippen LogP contribution in [0.1, 0.15) is 25.0 Å². The number of amides is 2. The Bertz CT molecular complexity index is 1700. The minimum absolute atomic E-state index is 0.101. The normalized spacial score (nSPS) is 11.8. The van der Waals surface area contributed by atoms with Crippen LogP contribution < -0.4 is 14.4 Å². The Morgan fingerprint density at radius 1 is 0.889 bits per heavy atom. The molecule has 0 bridgehead atoms. The lowest BCUT2D eigenvalue weighted by molar-refractivity contribution is -0.140. The number of nitrogens with one attached hydrogen (secondary N) is 1. The van der Waals surface area contributed by atoms with Crippen LogP contribution in [-0.4, -0.2) is 50.9 Å². The second-order valence-corrected chi connectivity index (χ2v) is 12.4. The fourth-order valence-corrected chi connectivity index (χ4v) is 6.39. The SMILES string of the molecule is CCNC(=O)C(Cc1ccccc1)N(Cc1ccccc1F)C(=O)CN(c1ccccc1OCC)S(=O)(=O)c1ccc(Cl)cc1. The van der Waals surface area contributed by atoms with Crippen molar-refractivity contribution >= 4 is 39.1 Å². The molecule has 0 heterocycles. The van der Waals surface area contributed by atoms with Gasteiger partial charge in [0, 0.05) is 30.1 Å². The number of anilines is 1. The average Bonchev–Trinajstić information content (AvgIpc) is 3.03. The van der Waals surface area contributed by atoms with Crippen LogP contribution >= 0.6 is 11.6 Å². The van der Waals surface area contributed by atoms with Crippen LogP contribution in [0.3, 0.4) is 0 Å². The number of sulfonamides is 1. The number of nitrogens with zero attached hydrogens (tertiary/aromatic N) is 2. The number of halogens is 2. The van der Waals surface area contributed by atoms with Crippen molar-refractivity contribution in [2.45, 2.75) is 37.8 Å². The van der Waals surface area contributed by atoms with Gasteiger partial charge in [0.2, 0.25) is 11.8 Å². The third-order valence-corrected chi connectivity index (χ3v) is 9.06. The van der Waals surface area contributed by atoms with Gasteiger partial charge in [-0.2, -0.15) is 0 Å². The Labute approximate surface area is 268 Å². The maximum absolute atomic E-state index is 15.0. The number of hydrogen-bond acceptors (Lipinski definition) is 5. The Kier molecular flexibility index (Phi) is 11.6. The lowest BCUT2D eigenvalue weighted by Crippen LogP contribution is -2.53. The maximum atomic E-state index is 15.0. The molecule has 11 heteroatoms. The molecule has 0 aliphatic heterocycles. The number of carbonyl (C=O) groups excluding carboxylic acids is 2. The van der Waals surface area contributed by atoms with E-state index >= 15 is 0 Å². The molecule has 0 fully saturated rings. The molecule has 0 aromatic heterocycles. The molecule has 4 aromatic carbocycles. The van der Waals surface area contributed by atoms with E-state index in [4.69, 9.17) is 16.3 Å². The fourth-order valence-electron chi connectivity index (χ4n) is 4.84. The first-order valence-electron chi connectivity index (χ1n) is 14.5. The molecule has 4 rings (SSSR count). The summed E-state index contributed by atoms with van der Waals surface area (Å²) in [6.45, 7) is 3.08. The molecule has 0 radical (unpaired) electrons. The van der Waals surface area contributed by atoms with Crippen LogP contribution in [0.5, 0.6) is 5.75 Å². The minimum atomic E-state index is -4.36. The van der Waals surface area contributed by atoms with Gasteiger partial charge in [0.25, 0.3) is 10.0 Å². The quantitative estimate of drug-likeness (QED) is 0.185. The summed E-state index contributed by atoms with van der Waals surface area (Å²) in [6, 6.07) is 26.1. The zero-order valence-corrected chi connectivity index (χ0v) is 26.6. The topological polar surface area (TPSA) is 96.0 Å². The molecule has 1 unspecified atom stereocenters. The Hall–Kier alpha value is -4.41. The van der Waals surface area contributed by atoms with Crippen molar-refractivity contribution in [2.24, 2.45) is 0 Å². The van der Waals surface area contributed by atoms with E-state index in [0.717, 1.165) is 9.87 Å². The van der Waals surface area contributed by atoms with E-state index in [2.05, 4.69) is 5.32 Å². The Morgan fingerprint density at radius 2 is 1.53 bits per heavy atom. The summed E-state index contributed by atoms with van der Waals surface area (Å²) in [4.78, 5) is 29.1. The highest BCUT2D eigenvalue weighted by atomic mass is 35.5. The summed E-state index contributed by atoms with van der Waals surface area (Å²) >= 11 is 6.04. The van der Waals surface area contributed by atoms with Gasteiger partial charge in [0.05, 0.1) is 17.2 Å². The highest BCUT2D eigenvalue weighted by Crippen LogP contribution is 2.33. The number of ether oxygens (including phenoxy) is 1. The molecule has 0 saturated heterocycles. The lowest BCUT2D eigenvalue weighted by Gasteiger charge is -2.34. The first-order valence-corrected chi connectivity index (χ1v) is 16.3. The predicted octanol–water partition coefficient (Wildman–Crippen LogP) is 5.85. The van der Waals surface area contributed by atoms with Crippen LogP contribution in [0.2, 0.25) is 5.02 Å². The van der Waals surface area contributed by atoms with E-state index in [1.165, 1.54) is 53.4 Å². The van der Waals surface area contributed by atoms with Crippen molar-refractivity contribution in [3.8, 4) is 5.75 Å². The van der Waals surface area contributed by atoms with E-state index < -0.39 is 40.2 Å². The maximum Gasteiger partial charge on any atom is 0.264 e. The smallest absolute Gasteiger partial charge is 0.264 e. The number of carbonyl (C=O) groups is 2. The number of benzene rings is 4. The van der Waals surface area contributed by atoms with Gasteiger partial charge in [0.15, 0.2) is 0 Å². The summed E-state index contributed by atoms with van der Waals surface area (Å²) in [7, 11) is -4.36. The third-order valence-electron chi connectivity index (χ3n) is 7.03. The van der Waals surface area contributed by atoms with Crippen LogP contribution in [0.4, 0.5) is 10.1 Å². The number of hydrogen-bond donors (Lipinski definition) is 1. The van der Waals surface area contributed by atoms with E-state index in [-0.39, 0.29) is 41.5 Å². The van der Waals surface area contributed by atoms with Gasteiger partial charge in [-0.25, -0.2) is 12.8 Å². The molecule has 45 heavy (non-hydrogen) atoms. The zero-order valence-electron chi connectivity index (χ0n) is 25.0. The lowest BCUT2D eigenvalue weighted by atomic mass is 10.0. The van der Waals surface area contributed by atoms with Crippen molar-refractivity contribution in [2.75, 3.05) is 24.0 Å². The van der Waals surface area contributed by atoms with Crippen LogP contribution in [0, 0.1) is 5.82 Å². The third kappa shape index (κ3) is 8.40. The molecule has 0 spiro atoms. The second kappa shape index (κ2) is 15.5. The standard InChI is InChI=1S/C34H35ClFN3O5S/c1-3-37-34(41)31(22-25-12-6-5-7-13-25)38(23-26-14-8-9-15-29(26)36)33(40)24-39(30-16-10-11-17-32(30)44-4-2)45(42,43)28-20-18-27(35)19-21-28/h5-21,31H,3-4,22-24H2,1-2H3,(H,37,41). The van der Waals surface area contributed by atoms with Crippen molar-refractivity contribution in [3.63, 3.8) is 0 Å². The molecule has 1 N–H and O–H groups in total. The summed E-state index contributed by atoms with van der Waals surface area (Å²) in [6.07, 6.45) is 0.117. The van der Waals surface area contributed by atoms with Gasteiger partial charge >= 0.3 is 0 Å². The molecule has 4 aromatic rings. The van der Waals surface area contributed by atoms with Gasteiger partial charge < -0.3 is 15.0 Å². The molecule has 0 aliphatic rings. The monoisotopic (exact) mass is 651 g/mol. The number of rotatable bonds is 14. The highest BCUT2D eigenvalue weighted by molar-refractivity contribution is 7.92. The van der Waals surface area contributed by atoms with Gasteiger partial charge in [-0.3, -0.25) is 13.9 Å². The summed E-state index contributed by atoms with van der Waals surface area (Å²) in [5.41, 5.74) is 1.08. The molecule has 0 aliphatic carbocycles. The van der Waals surface area contributed by atoms with Crippen molar-refractivity contribution in [3.05, 3.63) is 125 Å². The minimum Gasteiger partial charge on any atom is -0.492 e. The molecular weight excluding hydrogens is 617 g/mol. The van der Waals surface area contributed by atoms with E-state index in [9.17, 15) is 22.4 Å². The Balaban J connectivity index is 1.84. The summed E-state index contributed by atoms with van der Waals surface area (Å²) < 4.78 is 50.1. The fraction of sp³-hybridized carbons (Fsp3) is 0.235. The van der Waals surface area contributed by atoms with Crippen molar-refractivity contribution in [1.82, 2.24) is 10.2 Å². The van der Waals surface area contributed by atoms with Crippen LogP contribution in [0.25, 0.3) is 0 Å². The summed E-state index contributed by atoms with van der Waals surface area (Å²) in [5, 5.41) is 3.12. The summed E-state index contributed by atoms with van der Waals surface area (Å²) in [5.74, 6) is -1.48. The van der Waals surface area contributed by atoms with E-state index in [1.54, 1.807) is 38.1 Å². The Morgan fingerprint density at radius 3 is 2.20 bits per heavy atom. The van der Waals surface area contributed by atoms with Crippen molar-refractivity contribution in [1.29, 1.82) is 0 Å². The second-order valence-electron chi connectivity index (χ2n) is 10.1. The zero-order chi connectivity index (χ0) is 32.4. The number of likely N-dealkylation sites (N-methyl/N-ethyl adjacent to an activating group) is 1. The predicted molar refractivity (Wildman–Crippen MR) is 173 cm³/mol. The molecule has 2 amide bonds. The molecular formula is C34H35ClFN3O5S. The van der Waals surface area contributed by atoms with Crippen LogP contribution in [-0.2, 0) is 32.6 Å². The van der Waals surface area contributed by atoms with Crippen LogP contribution in [0.15, 0.2) is 108 Å². The molecule has 236 valence electrons. The molecule has 1 atom stereocenters. The van der Waals surface area contributed by atoms with Gasteiger partial charge in [-0.05, 0) is 61.9 Å². The van der Waals surface area contributed by atoms with E-state index in [0.29, 0.717) is 11.6 Å². The average molecular weight is 652 g/mol. The van der Waals surface area contributed by atoms with Crippen molar-refractivity contribution < 1.29 is 27.1 Å². The van der Waals surface area contributed by atoms with Gasteiger partial charge in [0.1, 0.15) is 24.2 Å². The molecule has 0 saturated carbocycles. The first-order chi connectivity index (χ1) is 21.6.